The number of hydrogen-bond donors (Lipinski definition) is 1. The monoisotopic (exact) mass is 365 g/mol. The van der Waals surface area contributed by atoms with Crippen LogP contribution in [0.25, 0.3) is 16.9 Å². The first-order valence-corrected chi connectivity index (χ1v) is 9.08. The summed E-state index contributed by atoms with van der Waals surface area (Å²) >= 11 is 0. The van der Waals surface area contributed by atoms with Gasteiger partial charge < -0.3 is 9.64 Å². The highest BCUT2D eigenvalue weighted by atomic mass is 16.5. The molecule has 1 atom stereocenters. The van der Waals surface area contributed by atoms with E-state index in [1.807, 2.05) is 32.9 Å². The Morgan fingerprint density at radius 2 is 2.22 bits per heavy atom. The number of morpholine rings is 1. The van der Waals surface area contributed by atoms with Gasteiger partial charge in [0.15, 0.2) is 11.5 Å². The highest BCUT2D eigenvalue weighted by Gasteiger charge is 2.30. The van der Waals surface area contributed by atoms with E-state index in [2.05, 4.69) is 33.2 Å². The number of nitriles is 1. The number of pyridine rings is 1. The fourth-order valence-electron chi connectivity index (χ4n) is 3.58. The Bertz CT molecular complexity index is 1010. The highest BCUT2D eigenvalue weighted by molar-refractivity contribution is 5.87. The third kappa shape index (κ3) is 2.84. The Balaban J connectivity index is 2.01. The number of aryl methyl sites for hydroxylation is 1. The largest absolute Gasteiger partial charge is 0.377 e. The van der Waals surface area contributed by atoms with Crippen molar-refractivity contribution in [2.45, 2.75) is 39.2 Å². The topological polar surface area (TPSA) is 95.7 Å². The molecule has 27 heavy (non-hydrogen) atoms. The van der Waals surface area contributed by atoms with Gasteiger partial charge in [0.25, 0.3) is 0 Å². The first-order chi connectivity index (χ1) is 12.9. The molecule has 1 saturated heterocycles. The van der Waals surface area contributed by atoms with Crippen LogP contribution in [-0.2, 0) is 10.2 Å². The zero-order chi connectivity index (χ0) is 19.2. The summed E-state index contributed by atoms with van der Waals surface area (Å²) < 4.78 is 7.34. The van der Waals surface area contributed by atoms with Crippen molar-refractivity contribution in [3.05, 3.63) is 29.6 Å². The first kappa shape index (κ1) is 17.5. The van der Waals surface area contributed by atoms with Crippen LogP contribution < -0.4 is 4.90 Å². The molecule has 1 N–H and O–H groups in total. The van der Waals surface area contributed by atoms with Gasteiger partial charge in [0.2, 0.25) is 0 Å². The van der Waals surface area contributed by atoms with E-state index in [1.54, 1.807) is 10.9 Å². The van der Waals surface area contributed by atoms with E-state index in [0.29, 0.717) is 13.2 Å². The lowest BCUT2D eigenvalue weighted by atomic mass is 9.84. The molecule has 0 radical (unpaired) electrons. The average Bonchev–Trinajstić information content (AvgIpc) is 3.29. The molecule has 0 unspecified atom stereocenters. The Morgan fingerprint density at radius 1 is 1.41 bits per heavy atom. The third-order valence-corrected chi connectivity index (χ3v) is 5.13. The molecule has 0 bridgehead atoms. The lowest BCUT2D eigenvalue weighted by molar-refractivity contribution is 0.0985. The van der Waals surface area contributed by atoms with Gasteiger partial charge >= 0.3 is 0 Å². The van der Waals surface area contributed by atoms with E-state index < -0.39 is 5.41 Å². The second-order valence-electron chi connectivity index (χ2n) is 7.52. The van der Waals surface area contributed by atoms with E-state index >= 15 is 0 Å². The molecule has 140 valence electrons. The standard InChI is InChI=1S/C19H23N7O/c1-12-10-27-8-7-25(12)16-9-14(19(3,4)11-20)17-13(2)24-26(18(17)22-16)15-5-6-21-23-15/h5-6,9,12H,7-8,10H2,1-4H3,(H,21,23)/t12-/m1/s1. The molecule has 1 aliphatic heterocycles. The predicted molar refractivity (Wildman–Crippen MR) is 102 cm³/mol. The molecular weight excluding hydrogens is 342 g/mol. The minimum absolute atomic E-state index is 0.214. The number of fused-ring (bicyclic) bond motifs is 1. The van der Waals surface area contributed by atoms with Crippen molar-refractivity contribution >= 4 is 16.9 Å². The number of anilines is 1. The molecule has 8 nitrogen and oxygen atoms in total. The molecule has 8 heteroatoms. The number of nitrogens with zero attached hydrogens (tertiary/aromatic N) is 6. The molecule has 1 fully saturated rings. The predicted octanol–water partition coefficient (Wildman–Crippen LogP) is 2.48. The summed E-state index contributed by atoms with van der Waals surface area (Å²) in [4.78, 5) is 7.18. The van der Waals surface area contributed by atoms with E-state index in [1.165, 1.54) is 0 Å². The minimum atomic E-state index is -0.669. The third-order valence-electron chi connectivity index (χ3n) is 5.13. The molecular formula is C19H23N7O. The number of aromatic nitrogens is 5. The maximum absolute atomic E-state index is 9.79. The second-order valence-corrected chi connectivity index (χ2v) is 7.52. The summed E-state index contributed by atoms with van der Waals surface area (Å²) in [5.74, 6) is 1.59. The van der Waals surface area contributed by atoms with Crippen LogP contribution in [0, 0.1) is 18.3 Å². The Labute approximate surface area is 157 Å². The minimum Gasteiger partial charge on any atom is -0.377 e. The quantitative estimate of drug-likeness (QED) is 0.766. The van der Waals surface area contributed by atoms with Crippen LogP contribution >= 0.6 is 0 Å². The maximum Gasteiger partial charge on any atom is 0.167 e. The number of H-pyrrole nitrogens is 1. The molecule has 3 aromatic heterocycles. The van der Waals surface area contributed by atoms with E-state index in [-0.39, 0.29) is 6.04 Å². The van der Waals surface area contributed by atoms with Gasteiger partial charge in [0.1, 0.15) is 5.82 Å². The average molecular weight is 365 g/mol. The molecule has 1 aliphatic rings. The second kappa shape index (κ2) is 6.35. The maximum atomic E-state index is 9.79. The van der Waals surface area contributed by atoms with Gasteiger partial charge in [-0.1, -0.05) is 0 Å². The van der Waals surface area contributed by atoms with Crippen LogP contribution in [0.1, 0.15) is 32.0 Å². The number of ether oxygens (including phenoxy) is 1. The van der Waals surface area contributed by atoms with E-state index in [4.69, 9.17) is 9.72 Å². The van der Waals surface area contributed by atoms with Gasteiger partial charge in [-0.05, 0) is 39.3 Å². The van der Waals surface area contributed by atoms with Gasteiger partial charge in [0, 0.05) is 18.0 Å². The van der Waals surface area contributed by atoms with Crippen molar-refractivity contribution in [1.29, 1.82) is 5.26 Å². The van der Waals surface area contributed by atoms with Gasteiger partial charge in [0.05, 0.1) is 42.6 Å². The Kier molecular flexibility index (Phi) is 4.12. The molecule has 0 amide bonds. The number of rotatable bonds is 3. The van der Waals surface area contributed by atoms with Crippen LogP contribution in [0.5, 0.6) is 0 Å². The van der Waals surface area contributed by atoms with Crippen LogP contribution in [-0.4, -0.2) is 50.8 Å². The van der Waals surface area contributed by atoms with E-state index in [0.717, 1.165) is 40.5 Å². The van der Waals surface area contributed by atoms with Crippen molar-refractivity contribution in [2.24, 2.45) is 0 Å². The molecule has 0 saturated carbocycles. The Morgan fingerprint density at radius 3 is 2.89 bits per heavy atom. The SMILES string of the molecule is Cc1nn(-c2ccn[nH]2)c2nc(N3CCOC[C@H]3C)cc(C(C)(C)C#N)c12. The lowest BCUT2D eigenvalue weighted by Crippen LogP contribution is -2.44. The van der Waals surface area contributed by atoms with Crippen LogP contribution in [0.4, 0.5) is 5.82 Å². The first-order valence-electron chi connectivity index (χ1n) is 9.08. The molecule has 3 aromatic rings. The zero-order valence-corrected chi connectivity index (χ0v) is 16.0. The van der Waals surface area contributed by atoms with Crippen molar-refractivity contribution in [1.82, 2.24) is 25.0 Å². The smallest absolute Gasteiger partial charge is 0.167 e. The number of hydrogen-bond acceptors (Lipinski definition) is 6. The normalized spacial score (nSPS) is 18.0. The summed E-state index contributed by atoms with van der Waals surface area (Å²) in [5, 5.41) is 22.4. The number of aromatic amines is 1. The van der Waals surface area contributed by atoms with Gasteiger partial charge in [-0.25, -0.2) is 4.98 Å². The Hall–Kier alpha value is -2.92. The zero-order valence-electron chi connectivity index (χ0n) is 16.0. The van der Waals surface area contributed by atoms with Crippen LogP contribution in [0.15, 0.2) is 18.3 Å². The van der Waals surface area contributed by atoms with Crippen molar-refractivity contribution in [3.8, 4) is 11.9 Å². The van der Waals surface area contributed by atoms with Gasteiger partial charge in [-0.15, -0.1) is 0 Å². The molecule has 0 spiro atoms. The summed E-state index contributed by atoms with van der Waals surface area (Å²) in [6.07, 6.45) is 1.69. The number of nitrogens with one attached hydrogen (secondary N) is 1. The lowest BCUT2D eigenvalue weighted by Gasteiger charge is -2.35. The highest BCUT2D eigenvalue weighted by Crippen LogP contribution is 2.35. The van der Waals surface area contributed by atoms with Crippen LogP contribution in [0.2, 0.25) is 0 Å². The van der Waals surface area contributed by atoms with Crippen LogP contribution in [0.3, 0.4) is 0 Å². The molecule has 0 aromatic carbocycles. The van der Waals surface area contributed by atoms with Crippen molar-refractivity contribution < 1.29 is 4.74 Å². The molecule has 4 rings (SSSR count). The van der Waals surface area contributed by atoms with E-state index in [9.17, 15) is 5.26 Å². The van der Waals surface area contributed by atoms with Gasteiger partial charge in [-0.3, -0.25) is 5.10 Å². The van der Waals surface area contributed by atoms with Crippen molar-refractivity contribution in [3.63, 3.8) is 0 Å². The molecule has 0 aliphatic carbocycles. The fraction of sp³-hybridized carbons (Fsp3) is 0.474. The summed E-state index contributed by atoms with van der Waals surface area (Å²) in [6.45, 7) is 10.0. The fourth-order valence-corrected chi connectivity index (χ4v) is 3.58. The summed E-state index contributed by atoms with van der Waals surface area (Å²) in [6, 6.07) is 6.54. The summed E-state index contributed by atoms with van der Waals surface area (Å²) in [7, 11) is 0. The summed E-state index contributed by atoms with van der Waals surface area (Å²) in [5.41, 5.74) is 1.84. The van der Waals surface area contributed by atoms with Crippen molar-refractivity contribution in [2.75, 3.05) is 24.7 Å². The molecule has 4 heterocycles. The van der Waals surface area contributed by atoms with Gasteiger partial charge in [-0.2, -0.15) is 20.1 Å².